The quantitative estimate of drug-likeness (QED) is 0.0261. The Kier molecular flexibility index (Phi) is 60.3. The zero-order chi connectivity index (χ0) is 55.0. The Hall–Kier alpha value is -3.93. The molecule has 6 nitrogen and oxygen atoms in total. The number of hydrogen-bond donors (Lipinski definition) is 0. The van der Waals surface area contributed by atoms with E-state index < -0.39 is 6.10 Å². The Balaban J connectivity index is 4.18. The molecule has 0 aromatic rings. The average molecular weight is 1060 g/mol. The fourth-order valence-electron chi connectivity index (χ4n) is 8.79. The van der Waals surface area contributed by atoms with Gasteiger partial charge in [-0.2, -0.15) is 0 Å². The first-order valence-corrected chi connectivity index (χ1v) is 31.9. The lowest BCUT2D eigenvalue weighted by Crippen LogP contribution is -2.30. The molecule has 0 amide bonds. The van der Waals surface area contributed by atoms with Gasteiger partial charge in [0, 0.05) is 19.3 Å². The maximum atomic E-state index is 12.8. The first kappa shape index (κ1) is 72.1. The highest BCUT2D eigenvalue weighted by molar-refractivity contribution is 5.71. The van der Waals surface area contributed by atoms with Gasteiger partial charge in [-0.25, -0.2) is 0 Å². The van der Waals surface area contributed by atoms with Crippen LogP contribution in [-0.4, -0.2) is 37.2 Å². The second kappa shape index (κ2) is 63.6. The number of ether oxygens (including phenoxy) is 3. The van der Waals surface area contributed by atoms with Crippen molar-refractivity contribution in [1.29, 1.82) is 0 Å². The third-order valence-corrected chi connectivity index (χ3v) is 13.5. The molecule has 0 radical (unpaired) electrons. The molecular weight excluding hydrogens is 937 g/mol. The van der Waals surface area contributed by atoms with Crippen LogP contribution in [0, 0.1) is 0 Å². The van der Waals surface area contributed by atoms with E-state index in [0.717, 1.165) is 122 Å². The highest BCUT2D eigenvalue weighted by Crippen LogP contribution is 2.16. The van der Waals surface area contributed by atoms with Gasteiger partial charge in [-0.1, -0.05) is 297 Å². The molecule has 0 fully saturated rings. The molecular formula is C70H118O6. The summed E-state index contributed by atoms with van der Waals surface area (Å²) in [5, 5.41) is 0. The van der Waals surface area contributed by atoms with Crippen LogP contribution < -0.4 is 0 Å². The van der Waals surface area contributed by atoms with Crippen molar-refractivity contribution >= 4 is 17.9 Å². The second-order valence-electron chi connectivity index (χ2n) is 21.0. The van der Waals surface area contributed by atoms with E-state index >= 15 is 0 Å². The number of carbonyl (C=O) groups is 3. The van der Waals surface area contributed by atoms with Gasteiger partial charge >= 0.3 is 17.9 Å². The Labute approximate surface area is 470 Å². The van der Waals surface area contributed by atoms with E-state index in [1.165, 1.54) is 135 Å². The van der Waals surface area contributed by atoms with Crippen LogP contribution in [-0.2, 0) is 28.6 Å². The topological polar surface area (TPSA) is 78.9 Å². The van der Waals surface area contributed by atoms with E-state index in [1.54, 1.807) is 0 Å². The van der Waals surface area contributed by atoms with Crippen molar-refractivity contribution in [3.8, 4) is 0 Å². The first-order chi connectivity index (χ1) is 37.5. The first-order valence-electron chi connectivity index (χ1n) is 31.9. The van der Waals surface area contributed by atoms with Gasteiger partial charge in [0.2, 0.25) is 0 Å². The average Bonchev–Trinajstić information content (AvgIpc) is 3.42. The summed E-state index contributed by atoms with van der Waals surface area (Å²) in [7, 11) is 0. The number of carbonyl (C=O) groups excluding carboxylic acids is 3. The van der Waals surface area contributed by atoms with E-state index in [0.29, 0.717) is 19.3 Å². The molecule has 0 spiro atoms. The van der Waals surface area contributed by atoms with E-state index in [9.17, 15) is 14.4 Å². The van der Waals surface area contributed by atoms with Crippen molar-refractivity contribution in [2.24, 2.45) is 0 Å². The number of allylic oxidation sites excluding steroid dienone is 18. The van der Waals surface area contributed by atoms with Gasteiger partial charge in [-0.3, -0.25) is 14.4 Å². The summed E-state index contributed by atoms with van der Waals surface area (Å²) in [4.78, 5) is 38.1. The maximum Gasteiger partial charge on any atom is 0.306 e. The predicted octanol–water partition coefficient (Wildman–Crippen LogP) is 21.8. The van der Waals surface area contributed by atoms with Crippen LogP contribution in [0.2, 0.25) is 0 Å². The van der Waals surface area contributed by atoms with Crippen LogP contribution in [0.3, 0.4) is 0 Å². The second-order valence-corrected chi connectivity index (χ2v) is 21.0. The van der Waals surface area contributed by atoms with Crippen molar-refractivity contribution in [2.45, 2.75) is 303 Å². The van der Waals surface area contributed by atoms with E-state index in [4.69, 9.17) is 14.2 Å². The molecule has 6 heteroatoms. The van der Waals surface area contributed by atoms with Gasteiger partial charge in [0.05, 0.1) is 0 Å². The van der Waals surface area contributed by atoms with E-state index in [1.807, 2.05) is 0 Å². The Morgan fingerprint density at radius 3 is 0.803 bits per heavy atom. The summed E-state index contributed by atoms with van der Waals surface area (Å²) < 4.78 is 16.9. The molecule has 0 saturated heterocycles. The van der Waals surface area contributed by atoms with Crippen LogP contribution in [0.15, 0.2) is 109 Å². The van der Waals surface area contributed by atoms with Gasteiger partial charge in [-0.05, 0) is 89.9 Å². The van der Waals surface area contributed by atoms with Crippen LogP contribution in [0.5, 0.6) is 0 Å². The number of unbranched alkanes of at least 4 members (excludes halogenated alkanes) is 28. The van der Waals surface area contributed by atoms with Crippen molar-refractivity contribution in [1.82, 2.24) is 0 Å². The van der Waals surface area contributed by atoms with Crippen LogP contribution in [0.1, 0.15) is 297 Å². The Morgan fingerprint density at radius 2 is 0.513 bits per heavy atom. The third-order valence-electron chi connectivity index (χ3n) is 13.5. The summed E-state index contributed by atoms with van der Waals surface area (Å²) in [6.07, 6.45) is 86.7. The Bertz CT molecular complexity index is 1540. The van der Waals surface area contributed by atoms with Gasteiger partial charge in [-0.15, -0.1) is 0 Å². The van der Waals surface area contributed by atoms with Crippen molar-refractivity contribution < 1.29 is 28.6 Å². The Morgan fingerprint density at radius 1 is 0.276 bits per heavy atom. The summed E-state index contributed by atoms with van der Waals surface area (Å²) in [5.41, 5.74) is 0. The molecule has 1 unspecified atom stereocenters. The molecule has 0 aliphatic rings. The van der Waals surface area contributed by atoms with Crippen molar-refractivity contribution in [2.75, 3.05) is 13.2 Å². The molecule has 1 atom stereocenters. The van der Waals surface area contributed by atoms with E-state index in [2.05, 4.69) is 130 Å². The lowest BCUT2D eigenvalue weighted by atomic mass is 10.0. The molecule has 0 bridgehead atoms. The molecule has 434 valence electrons. The molecule has 0 aliphatic heterocycles. The zero-order valence-corrected chi connectivity index (χ0v) is 49.7. The van der Waals surface area contributed by atoms with Crippen LogP contribution in [0.25, 0.3) is 0 Å². The lowest BCUT2D eigenvalue weighted by molar-refractivity contribution is -0.167. The highest BCUT2D eigenvalue weighted by atomic mass is 16.6. The van der Waals surface area contributed by atoms with Gasteiger partial charge in [0.1, 0.15) is 13.2 Å². The van der Waals surface area contributed by atoms with Crippen molar-refractivity contribution in [3.63, 3.8) is 0 Å². The largest absolute Gasteiger partial charge is 0.462 e. The summed E-state index contributed by atoms with van der Waals surface area (Å²) in [5.74, 6) is -0.882. The monoisotopic (exact) mass is 1050 g/mol. The number of rotatable bonds is 57. The molecule has 76 heavy (non-hydrogen) atoms. The highest BCUT2D eigenvalue weighted by Gasteiger charge is 2.19. The molecule has 0 N–H and O–H groups in total. The van der Waals surface area contributed by atoms with Gasteiger partial charge in [0.15, 0.2) is 6.10 Å². The molecule has 0 saturated carbocycles. The van der Waals surface area contributed by atoms with Gasteiger partial charge in [0.25, 0.3) is 0 Å². The standard InChI is InChI=1S/C70H118O6/c1-4-7-10-13-16-19-22-24-25-26-27-28-29-30-31-32-33-34-35-36-37-38-39-40-41-42-43-44-45-46-49-51-54-57-60-63-69(72)75-66-67(65-74-68(71)62-59-56-53-50-47-21-18-15-12-9-6-3)76-70(73)64-61-58-55-52-48-23-20-17-14-11-8-5-2/h7,10,16,19,24-25,27-28,30-31,33-34,36-37,39-40,42-43,67H,4-6,8-9,11-15,17-18,20-23,26,29,32,35,38,41,44-66H2,1-3H3/b10-7-,19-16-,25-24-,28-27-,31-30-,34-33-,37-36-,40-39-,43-42-. The number of esters is 3. The summed E-state index contributed by atoms with van der Waals surface area (Å²) in [6, 6.07) is 0. The predicted molar refractivity (Wildman–Crippen MR) is 330 cm³/mol. The lowest BCUT2D eigenvalue weighted by Gasteiger charge is -2.18. The van der Waals surface area contributed by atoms with Crippen LogP contribution in [0.4, 0.5) is 0 Å². The fraction of sp³-hybridized carbons (Fsp3) is 0.700. The van der Waals surface area contributed by atoms with E-state index in [-0.39, 0.29) is 31.1 Å². The van der Waals surface area contributed by atoms with Crippen LogP contribution >= 0.6 is 0 Å². The molecule has 0 aromatic heterocycles. The fourth-order valence-corrected chi connectivity index (χ4v) is 8.79. The van der Waals surface area contributed by atoms with Gasteiger partial charge < -0.3 is 14.2 Å². The molecule has 0 aromatic carbocycles. The zero-order valence-electron chi connectivity index (χ0n) is 49.7. The number of hydrogen-bond acceptors (Lipinski definition) is 6. The molecule has 0 aliphatic carbocycles. The summed E-state index contributed by atoms with van der Waals surface area (Å²) >= 11 is 0. The normalized spacial score (nSPS) is 12.8. The smallest absolute Gasteiger partial charge is 0.306 e. The van der Waals surface area contributed by atoms with Crippen molar-refractivity contribution in [3.05, 3.63) is 109 Å². The molecule has 0 heterocycles. The third kappa shape index (κ3) is 60.9. The summed E-state index contributed by atoms with van der Waals surface area (Å²) in [6.45, 7) is 6.52. The SMILES string of the molecule is CC/C=C\C/C=C\C/C=C\C/C=C\C/C=C\C/C=C\C/C=C\C/C=C\C/C=C\CCCCCCCCCC(=O)OCC(COC(=O)CCCCCCCCCCCCC)OC(=O)CCCCCCCCCCCCCC. The molecule has 0 rings (SSSR count). The minimum absolute atomic E-state index is 0.0771. The minimum Gasteiger partial charge on any atom is -0.462 e. The minimum atomic E-state index is -0.778. The maximum absolute atomic E-state index is 12.8.